The fraction of sp³-hybridized carbons (Fsp3) is 0.200. The van der Waals surface area contributed by atoms with E-state index in [0.717, 1.165) is 16.4 Å². The Hall–Kier alpha value is -1.67. The number of para-hydroxylation sites is 2. The Morgan fingerprint density at radius 3 is 2.35 bits per heavy atom. The lowest BCUT2D eigenvalue weighted by atomic mass is 10.2. The molecule has 0 fully saturated rings. The Labute approximate surface area is 141 Å². The minimum Gasteiger partial charge on any atom is -0.251 e. The third-order valence-corrected chi connectivity index (χ3v) is 5.88. The van der Waals surface area contributed by atoms with E-state index in [1.54, 1.807) is 24.3 Å². The van der Waals surface area contributed by atoms with Gasteiger partial charge in [-0.05, 0) is 30.7 Å². The van der Waals surface area contributed by atoms with Crippen LogP contribution >= 0.6 is 15.9 Å². The van der Waals surface area contributed by atoms with Crippen molar-refractivity contribution in [3.05, 3.63) is 54.1 Å². The normalized spacial score (nSPS) is 15.8. The summed E-state index contributed by atoms with van der Waals surface area (Å²) in [6.45, 7) is 0.296. The average molecular weight is 403 g/mol. The molecule has 1 aliphatic heterocycles. The maximum Gasteiger partial charge on any atom is 0.330 e. The van der Waals surface area contributed by atoms with Crippen LogP contribution in [0.4, 0.5) is 25.8 Å². The smallest absolute Gasteiger partial charge is 0.251 e. The third kappa shape index (κ3) is 2.70. The lowest BCUT2D eigenvalue weighted by molar-refractivity contribution is 0.509. The lowest BCUT2D eigenvalue weighted by Gasteiger charge is -2.21. The second-order valence-electron chi connectivity index (χ2n) is 4.97. The van der Waals surface area contributed by atoms with E-state index in [-0.39, 0.29) is 5.69 Å². The highest BCUT2D eigenvalue weighted by Gasteiger charge is 2.40. The number of fused-ring (bicyclic) bond motifs is 1. The molecule has 0 spiro atoms. The Bertz CT molecular complexity index is 845. The minimum atomic E-state index is -3.89. The first-order valence-electron chi connectivity index (χ1n) is 6.90. The van der Waals surface area contributed by atoms with Crippen LogP contribution in [0.25, 0.3) is 0 Å². The fourth-order valence-electron chi connectivity index (χ4n) is 2.52. The van der Waals surface area contributed by atoms with E-state index in [0.29, 0.717) is 29.7 Å². The molecule has 2 aromatic rings. The van der Waals surface area contributed by atoms with Crippen molar-refractivity contribution < 1.29 is 17.2 Å². The van der Waals surface area contributed by atoms with Gasteiger partial charge in [0.25, 0.3) is 0 Å². The first kappa shape index (κ1) is 16.2. The van der Waals surface area contributed by atoms with E-state index in [1.807, 2.05) is 0 Å². The first-order chi connectivity index (χ1) is 11.0. The topological polar surface area (TPSA) is 40.6 Å². The van der Waals surface area contributed by atoms with Crippen LogP contribution in [0.15, 0.2) is 42.5 Å². The number of anilines is 3. The Morgan fingerprint density at radius 1 is 1.00 bits per heavy atom. The van der Waals surface area contributed by atoms with Crippen molar-refractivity contribution in [2.24, 2.45) is 0 Å². The molecule has 0 bridgehead atoms. The molecule has 0 radical (unpaired) electrons. The fourth-order valence-corrected chi connectivity index (χ4v) is 4.51. The second-order valence-corrected chi connectivity index (χ2v) is 7.47. The van der Waals surface area contributed by atoms with Gasteiger partial charge < -0.3 is 0 Å². The van der Waals surface area contributed by atoms with Crippen LogP contribution in [0, 0.1) is 11.6 Å². The number of hydrogen-bond donors (Lipinski definition) is 0. The van der Waals surface area contributed by atoms with E-state index in [1.165, 1.54) is 10.4 Å². The van der Waals surface area contributed by atoms with E-state index >= 15 is 0 Å². The zero-order valence-corrected chi connectivity index (χ0v) is 14.3. The standard InChI is InChI=1S/C15H13BrF2N2O2S/c16-8-3-9-19-14-4-1-2-5-15(14)20(23(19,21)22)11-6-7-12(17)13(18)10-11/h1-2,4-7,10H,3,8-9H2. The van der Waals surface area contributed by atoms with E-state index < -0.39 is 21.8 Å². The predicted molar refractivity (Wildman–Crippen MR) is 89.6 cm³/mol. The van der Waals surface area contributed by atoms with Crippen molar-refractivity contribution in [3.8, 4) is 0 Å². The lowest BCUT2D eigenvalue weighted by Crippen LogP contribution is -2.36. The Morgan fingerprint density at radius 2 is 1.70 bits per heavy atom. The quantitative estimate of drug-likeness (QED) is 0.726. The first-order valence-corrected chi connectivity index (χ1v) is 9.41. The van der Waals surface area contributed by atoms with Gasteiger partial charge in [0.1, 0.15) is 0 Å². The van der Waals surface area contributed by atoms with Gasteiger partial charge in [-0.2, -0.15) is 8.42 Å². The maximum absolute atomic E-state index is 13.5. The molecule has 1 aliphatic rings. The van der Waals surface area contributed by atoms with Crippen molar-refractivity contribution in [1.29, 1.82) is 0 Å². The Kier molecular flexibility index (Phi) is 4.29. The third-order valence-electron chi connectivity index (χ3n) is 3.51. The molecule has 3 rings (SSSR count). The number of nitrogens with zero attached hydrogens (tertiary/aromatic N) is 2. The molecule has 8 heteroatoms. The summed E-state index contributed by atoms with van der Waals surface area (Å²) >= 11 is 3.29. The summed E-state index contributed by atoms with van der Waals surface area (Å²) in [5.74, 6) is -2.11. The summed E-state index contributed by atoms with van der Waals surface area (Å²) in [4.78, 5) is 0. The highest BCUT2D eigenvalue weighted by molar-refractivity contribution is 9.09. The van der Waals surface area contributed by atoms with E-state index in [2.05, 4.69) is 15.9 Å². The highest BCUT2D eigenvalue weighted by atomic mass is 79.9. The molecule has 0 atom stereocenters. The molecule has 2 aromatic carbocycles. The monoisotopic (exact) mass is 402 g/mol. The number of benzene rings is 2. The number of alkyl halides is 1. The molecular formula is C15H13BrF2N2O2S. The average Bonchev–Trinajstić information content (AvgIpc) is 2.74. The summed E-state index contributed by atoms with van der Waals surface area (Å²) in [6, 6.07) is 9.84. The minimum absolute atomic E-state index is 0.0673. The van der Waals surface area contributed by atoms with Gasteiger partial charge in [0.15, 0.2) is 11.6 Å². The molecule has 0 aliphatic carbocycles. The summed E-state index contributed by atoms with van der Waals surface area (Å²) < 4.78 is 54.8. The molecule has 0 saturated carbocycles. The maximum atomic E-state index is 13.5. The van der Waals surface area contributed by atoms with Crippen LogP contribution in [0.1, 0.15) is 6.42 Å². The van der Waals surface area contributed by atoms with Crippen molar-refractivity contribution >= 4 is 43.2 Å². The van der Waals surface area contributed by atoms with Crippen LogP contribution in [0.2, 0.25) is 0 Å². The highest BCUT2D eigenvalue weighted by Crippen LogP contribution is 2.45. The molecule has 0 saturated heterocycles. The van der Waals surface area contributed by atoms with E-state index in [4.69, 9.17) is 0 Å². The Balaban J connectivity index is 2.14. The van der Waals surface area contributed by atoms with Crippen LogP contribution in [-0.4, -0.2) is 20.3 Å². The van der Waals surface area contributed by atoms with Crippen LogP contribution in [-0.2, 0) is 10.2 Å². The van der Waals surface area contributed by atoms with Gasteiger partial charge in [0, 0.05) is 17.9 Å². The molecule has 1 heterocycles. The van der Waals surface area contributed by atoms with Crippen LogP contribution < -0.4 is 8.61 Å². The number of halogens is 3. The zero-order chi connectivity index (χ0) is 16.6. The van der Waals surface area contributed by atoms with Gasteiger partial charge in [0.2, 0.25) is 0 Å². The zero-order valence-electron chi connectivity index (χ0n) is 11.9. The van der Waals surface area contributed by atoms with Gasteiger partial charge in [0.05, 0.1) is 17.1 Å². The molecule has 23 heavy (non-hydrogen) atoms. The van der Waals surface area contributed by atoms with Crippen molar-refractivity contribution in [1.82, 2.24) is 0 Å². The van der Waals surface area contributed by atoms with Gasteiger partial charge in [-0.3, -0.25) is 4.31 Å². The summed E-state index contributed by atoms with van der Waals surface area (Å²) in [5.41, 5.74) is 1.02. The predicted octanol–water partition coefficient (Wildman–Crippen LogP) is 3.95. The van der Waals surface area contributed by atoms with Gasteiger partial charge in [-0.1, -0.05) is 28.1 Å². The molecule has 122 valence electrons. The van der Waals surface area contributed by atoms with Crippen LogP contribution in [0.5, 0.6) is 0 Å². The molecule has 0 N–H and O–H groups in total. The van der Waals surface area contributed by atoms with E-state index in [9.17, 15) is 17.2 Å². The molecule has 0 amide bonds. The van der Waals surface area contributed by atoms with Gasteiger partial charge >= 0.3 is 10.2 Å². The van der Waals surface area contributed by atoms with Crippen molar-refractivity contribution in [3.63, 3.8) is 0 Å². The largest absolute Gasteiger partial charge is 0.330 e. The van der Waals surface area contributed by atoms with Gasteiger partial charge in [-0.25, -0.2) is 13.1 Å². The molecular weight excluding hydrogens is 390 g/mol. The van der Waals surface area contributed by atoms with Gasteiger partial charge in [-0.15, -0.1) is 0 Å². The van der Waals surface area contributed by atoms with Crippen LogP contribution in [0.3, 0.4) is 0 Å². The summed E-state index contributed by atoms with van der Waals surface area (Å²) in [5, 5.41) is 0.659. The SMILES string of the molecule is O=S1(=O)N(CCCBr)c2ccccc2N1c1ccc(F)c(F)c1. The molecule has 0 aromatic heterocycles. The second kappa shape index (κ2) is 6.09. The molecule has 0 unspecified atom stereocenters. The number of hydrogen-bond acceptors (Lipinski definition) is 2. The van der Waals surface area contributed by atoms with Crippen molar-refractivity contribution in [2.45, 2.75) is 6.42 Å². The summed E-state index contributed by atoms with van der Waals surface area (Å²) in [6.07, 6.45) is 0.624. The van der Waals surface area contributed by atoms with Crippen molar-refractivity contribution in [2.75, 3.05) is 20.5 Å². The summed E-state index contributed by atoms with van der Waals surface area (Å²) in [7, 11) is -3.89. The molecule has 4 nitrogen and oxygen atoms in total. The number of rotatable bonds is 4.